The van der Waals surface area contributed by atoms with Gasteiger partial charge < -0.3 is 10.2 Å². The average Bonchev–Trinajstić information content (AvgIpc) is 2.17. The summed E-state index contributed by atoms with van der Waals surface area (Å²) in [7, 11) is 0. The van der Waals surface area contributed by atoms with Gasteiger partial charge in [0, 0.05) is 6.20 Å². The first-order chi connectivity index (χ1) is 6.63. The van der Waals surface area contributed by atoms with Crippen molar-refractivity contribution < 1.29 is 15.0 Å². The number of aliphatic hydroxyl groups excluding tert-OH is 1. The van der Waals surface area contributed by atoms with E-state index in [0.717, 1.165) is 5.56 Å². The van der Waals surface area contributed by atoms with Gasteiger partial charge in [-0.25, -0.2) is 0 Å². The molecule has 14 heavy (non-hydrogen) atoms. The maximum atomic E-state index is 10.5. The van der Waals surface area contributed by atoms with Crippen LogP contribution in [-0.2, 0) is 11.4 Å². The van der Waals surface area contributed by atoms with E-state index in [9.17, 15) is 4.79 Å². The number of aliphatic carboxylic acids is 1. The fourth-order valence-corrected chi connectivity index (χ4v) is 1.27. The minimum atomic E-state index is -0.820. The molecule has 0 saturated heterocycles. The molecule has 1 unspecified atom stereocenters. The van der Waals surface area contributed by atoms with E-state index in [4.69, 9.17) is 10.2 Å². The van der Waals surface area contributed by atoms with E-state index in [0.29, 0.717) is 5.69 Å². The van der Waals surface area contributed by atoms with Crippen LogP contribution in [0, 0.1) is 0 Å². The van der Waals surface area contributed by atoms with Crippen LogP contribution in [0.1, 0.15) is 30.5 Å². The molecular weight excluding hydrogens is 182 g/mol. The minimum absolute atomic E-state index is 0.0548. The van der Waals surface area contributed by atoms with Gasteiger partial charge in [0.2, 0.25) is 0 Å². The molecule has 4 nitrogen and oxygen atoms in total. The van der Waals surface area contributed by atoms with Gasteiger partial charge in [-0.2, -0.15) is 0 Å². The average molecular weight is 195 g/mol. The summed E-state index contributed by atoms with van der Waals surface area (Å²) in [5.41, 5.74) is 1.46. The van der Waals surface area contributed by atoms with Gasteiger partial charge in [0.1, 0.15) is 0 Å². The van der Waals surface area contributed by atoms with E-state index in [1.165, 1.54) is 0 Å². The van der Waals surface area contributed by atoms with E-state index < -0.39 is 5.97 Å². The molecule has 0 aliphatic rings. The van der Waals surface area contributed by atoms with Crippen LogP contribution >= 0.6 is 0 Å². The summed E-state index contributed by atoms with van der Waals surface area (Å²) in [6, 6.07) is 3.50. The number of hydrogen-bond acceptors (Lipinski definition) is 3. The SMILES string of the molecule is CC(CC(=O)O)c1ccnc(CO)c1. The lowest BCUT2D eigenvalue weighted by Gasteiger charge is -2.09. The lowest BCUT2D eigenvalue weighted by Crippen LogP contribution is -2.03. The Morgan fingerprint density at radius 1 is 1.64 bits per heavy atom. The summed E-state index contributed by atoms with van der Waals surface area (Å²) < 4.78 is 0. The molecule has 0 amide bonds. The Bertz CT molecular complexity index is 325. The number of rotatable bonds is 4. The third-order valence-electron chi connectivity index (χ3n) is 2.05. The summed E-state index contributed by atoms with van der Waals surface area (Å²) in [6.45, 7) is 1.72. The smallest absolute Gasteiger partial charge is 0.303 e. The highest BCUT2D eigenvalue weighted by Gasteiger charge is 2.10. The fourth-order valence-electron chi connectivity index (χ4n) is 1.27. The molecule has 1 aromatic heterocycles. The number of carboxylic acid groups (broad SMARTS) is 1. The van der Waals surface area contributed by atoms with Crippen LogP contribution in [-0.4, -0.2) is 21.2 Å². The third kappa shape index (κ3) is 2.81. The second kappa shape index (κ2) is 4.72. The quantitative estimate of drug-likeness (QED) is 0.756. The number of pyridine rings is 1. The fraction of sp³-hybridized carbons (Fsp3) is 0.400. The Balaban J connectivity index is 2.78. The zero-order valence-electron chi connectivity index (χ0n) is 7.97. The topological polar surface area (TPSA) is 70.4 Å². The summed E-state index contributed by atoms with van der Waals surface area (Å²) in [6.07, 6.45) is 1.67. The lowest BCUT2D eigenvalue weighted by molar-refractivity contribution is -0.137. The lowest BCUT2D eigenvalue weighted by atomic mass is 9.98. The molecule has 0 saturated carbocycles. The maximum absolute atomic E-state index is 10.5. The third-order valence-corrected chi connectivity index (χ3v) is 2.05. The van der Waals surface area contributed by atoms with Crippen molar-refractivity contribution in [1.82, 2.24) is 4.98 Å². The van der Waals surface area contributed by atoms with Crippen molar-refractivity contribution in [2.45, 2.75) is 25.9 Å². The zero-order chi connectivity index (χ0) is 10.6. The molecule has 1 rings (SSSR count). The highest BCUT2D eigenvalue weighted by atomic mass is 16.4. The van der Waals surface area contributed by atoms with Crippen molar-refractivity contribution in [3.8, 4) is 0 Å². The molecule has 0 aliphatic heterocycles. The Kier molecular flexibility index (Phi) is 3.59. The number of aromatic nitrogens is 1. The minimum Gasteiger partial charge on any atom is -0.481 e. The predicted octanol–water partition coefficient (Wildman–Crippen LogP) is 1.15. The van der Waals surface area contributed by atoms with Crippen molar-refractivity contribution in [3.05, 3.63) is 29.6 Å². The molecule has 0 aliphatic carbocycles. The summed E-state index contributed by atoms with van der Waals surface area (Å²) in [5.74, 6) is -0.874. The summed E-state index contributed by atoms with van der Waals surface area (Å²) in [4.78, 5) is 14.4. The van der Waals surface area contributed by atoms with Crippen LogP contribution in [0.2, 0.25) is 0 Å². The molecule has 4 heteroatoms. The van der Waals surface area contributed by atoms with Gasteiger partial charge >= 0.3 is 5.97 Å². The highest BCUT2D eigenvalue weighted by Crippen LogP contribution is 2.18. The van der Waals surface area contributed by atoms with Crippen molar-refractivity contribution in [3.63, 3.8) is 0 Å². The van der Waals surface area contributed by atoms with Crippen LogP contribution in [0.4, 0.5) is 0 Å². The predicted molar refractivity (Wildman–Crippen MR) is 50.8 cm³/mol. The number of nitrogens with zero attached hydrogens (tertiary/aromatic N) is 1. The van der Waals surface area contributed by atoms with Gasteiger partial charge in [-0.1, -0.05) is 6.92 Å². The highest BCUT2D eigenvalue weighted by molar-refractivity contribution is 5.67. The maximum Gasteiger partial charge on any atom is 0.303 e. The van der Waals surface area contributed by atoms with Crippen LogP contribution < -0.4 is 0 Å². The molecule has 2 N–H and O–H groups in total. The van der Waals surface area contributed by atoms with Crippen LogP contribution in [0.3, 0.4) is 0 Å². The van der Waals surface area contributed by atoms with Gasteiger partial charge in [0.05, 0.1) is 18.7 Å². The summed E-state index contributed by atoms with van der Waals surface area (Å²) >= 11 is 0. The van der Waals surface area contributed by atoms with Crippen molar-refractivity contribution in [2.75, 3.05) is 0 Å². The van der Waals surface area contributed by atoms with E-state index in [-0.39, 0.29) is 18.9 Å². The summed E-state index contributed by atoms with van der Waals surface area (Å²) in [5, 5.41) is 17.5. The van der Waals surface area contributed by atoms with Crippen LogP contribution in [0.25, 0.3) is 0 Å². The number of hydrogen-bond donors (Lipinski definition) is 2. The first kappa shape index (κ1) is 10.7. The normalized spacial score (nSPS) is 12.4. The molecule has 0 fully saturated rings. The molecular formula is C10H13NO3. The monoisotopic (exact) mass is 195 g/mol. The van der Waals surface area contributed by atoms with Crippen LogP contribution in [0.5, 0.6) is 0 Å². The molecule has 0 spiro atoms. The van der Waals surface area contributed by atoms with Crippen molar-refractivity contribution in [2.24, 2.45) is 0 Å². The van der Waals surface area contributed by atoms with E-state index in [1.807, 2.05) is 6.92 Å². The van der Waals surface area contributed by atoms with Gasteiger partial charge in [-0.15, -0.1) is 0 Å². The first-order valence-electron chi connectivity index (χ1n) is 4.41. The molecule has 1 heterocycles. The molecule has 1 aromatic rings. The second-order valence-corrected chi connectivity index (χ2v) is 3.24. The number of carbonyl (C=O) groups is 1. The zero-order valence-corrected chi connectivity index (χ0v) is 7.97. The van der Waals surface area contributed by atoms with Crippen LogP contribution in [0.15, 0.2) is 18.3 Å². The molecule has 76 valence electrons. The molecule has 0 bridgehead atoms. The number of aliphatic hydroxyl groups is 1. The largest absolute Gasteiger partial charge is 0.481 e. The molecule has 0 aromatic carbocycles. The van der Waals surface area contributed by atoms with Crippen molar-refractivity contribution in [1.29, 1.82) is 0 Å². The Morgan fingerprint density at radius 2 is 2.36 bits per heavy atom. The van der Waals surface area contributed by atoms with Gasteiger partial charge in [0.25, 0.3) is 0 Å². The van der Waals surface area contributed by atoms with E-state index in [2.05, 4.69) is 4.98 Å². The Hall–Kier alpha value is -1.42. The molecule has 1 atom stereocenters. The standard InChI is InChI=1S/C10H13NO3/c1-7(4-10(13)14)8-2-3-11-9(5-8)6-12/h2-3,5,7,12H,4,6H2,1H3,(H,13,14). The Morgan fingerprint density at radius 3 is 2.93 bits per heavy atom. The molecule has 0 radical (unpaired) electrons. The van der Waals surface area contributed by atoms with E-state index >= 15 is 0 Å². The number of carboxylic acids is 1. The second-order valence-electron chi connectivity index (χ2n) is 3.24. The van der Waals surface area contributed by atoms with E-state index in [1.54, 1.807) is 18.3 Å². The Labute approximate surface area is 82.2 Å². The van der Waals surface area contributed by atoms with Gasteiger partial charge in [0.15, 0.2) is 0 Å². The first-order valence-corrected chi connectivity index (χ1v) is 4.41. The van der Waals surface area contributed by atoms with Gasteiger partial charge in [-0.05, 0) is 23.6 Å². The van der Waals surface area contributed by atoms with Gasteiger partial charge in [-0.3, -0.25) is 9.78 Å². The van der Waals surface area contributed by atoms with Crippen molar-refractivity contribution >= 4 is 5.97 Å².